The summed E-state index contributed by atoms with van der Waals surface area (Å²) in [4.78, 5) is 9.33. The maximum absolute atomic E-state index is 4.72. The SMILES string of the molecule is c1ccc(C2=Nc3nc4ccccc4n3CC2)cc1. The third-order valence-corrected chi connectivity index (χ3v) is 3.55. The van der Waals surface area contributed by atoms with E-state index in [0.717, 1.165) is 30.1 Å². The monoisotopic (exact) mass is 247 g/mol. The fourth-order valence-corrected chi connectivity index (χ4v) is 2.60. The summed E-state index contributed by atoms with van der Waals surface area (Å²) < 4.78 is 2.20. The number of imidazole rings is 1. The highest BCUT2D eigenvalue weighted by Crippen LogP contribution is 2.26. The molecular formula is C16H13N3. The zero-order chi connectivity index (χ0) is 12.7. The summed E-state index contributed by atoms with van der Waals surface area (Å²) in [6, 6.07) is 18.6. The van der Waals surface area contributed by atoms with Crippen LogP contribution in [0.25, 0.3) is 11.0 Å². The summed E-state index contributed by atoms with van der Waals surface area (Å²) in [5.41, 5.74) is 4.52. The van der Waals surface area contributed by atoms with E-state index < -0.39 is 0 Å². The minimum atomic E-state index is 0.825. The van der Waals surface area contributed by atoms with Gasteiger partial charge in [0.05, 0.1) is 16.7 Å². The van der Waals surface area contributed by atoms with Crippen molar-refractivity contribution in [2.24, 2.45) is 4.99 Å². The third kappa shape index (κ3) is 1.66. The Labute approximate surface area is 111 Å². The number of para-hydroxylation sites is 2. The number of aryl methyl sites for hydroxylation is 1. The fourth-order valence-electron chi connectivity index (χ4n) is 2.60. The van der Waals surface area contributed by atoms with Gasteiger partial charge >= 0.3 is 0 Å². The Hall–Kier alpha value is -2.42. The minimum absolute atomic E-state index is 0.825. The van der Waals surface area contributed by atoms with Crippen molar-refractivity contribution in [3.63, 3.8) is 0 Å². The first kappa shape index (κ1) is 10.5. The lowest BCUT2D eigenvalue weighted by molar-refractivity contribution is 0.730. The number of aliphatic imine (C=N–C) groups is 1. The second kappa shape index (κ2) is 4.05. The van der Waals surface area contributed by atoms with Crippen LogP contribution < -0.4 is 0 Å². The summed E-state index contributed by atoms with van der Waals surface area (Å²) in [7, 11) is 0. The second-order valence-corrected chi connectivity index (χ2v) is 4.73. The standard InChI is InChI=1S/C16H13N3/c1-2-6-12(7-3-1)13-10-11-19-15-9-5-4-8-14(15)18-16(19)17-13/h1-9H,10-11H2. The Kier molecular flexibility index (Phi) is 2.24. The average Bonchev–Trinajstić information content (AvgIpc) is 2.86. The molecule has 1 aliphatic heterocycles. The normalized spacial score (nSPS) is 14.2. The highest BCUT2D eigenvalue weighted by molar-refractivity contribution is 6.02. The van der Waals surface area contributed by atoms with Crippen LogP contribution in [0.15, 0.2) is 59.6 Å². The van der Waals surface area contributed by atoms with Gasteiger partial charge in [-0.1, -0.05) is 42.5 Å². The van der Waals surface area contributed by atoms with Crippen LogP contribution >= 0.6 is 0 Å². The van der Waals surface area contributed by atoms with E-state index in [-0.39, 0.29) is 0 Å². The molecule has 3 aromatic rings. The Balaban J connectivity index is 1.87. The van der Waals surface area contributed by atoms with Crippen LogP contribution in [-0.4, -0.2) is 15.3 Å². The zero-order valence-electron chi connectivity index (χ0n) is 10.5. The number of hydrogen-bond acceptors (Lipinski definition) is 2. The van der Waals surface area contributed by atoms with Crippen molar-refractivity contribution < 1.29 is 0 Å². The van der Waals surface area contributed by atoms with E-state index in [4.69, 9.17) is 4.99 Å². The van der Waals surface area contributed by atoms with Crippen LogP contribution in [0.5, 0.6) is 0 Å². The van der Waals surface area contributed by atoms with Crippen molar-refractivity contribution in [2.45, 2.75) is 13.0 Å². The van der Waals surface area contributed by atoms with E-state index in [1.807, 2.05) is 24.3 Å². The van der Waals surface area contributed by atoms with Crippen molar-refractivity contribution in [1.29, 1.82) is 0 Å². The molecule has 1 aromatic heterocycles. The van der Waals surface area contributed by atoms with Gasteiger partial charge in [-0.2, -0.15) is 0 Å². The Morgan fingerprint density at radius 3 is 2.58 bits per heavy atom. The number of benzene rings is 2. The summed E-state index contributed by atoms with van der Waals surface area (Å²) in [6.45, 7) is 0.948. The predicted octanol–water partition coefficient (Wildman–Crippen LogP) is 3.56. The van der Waals surface area contributed by atoms with Gasteiger partial charge in [-0.05, 0) is 17.7 Å². The van der Waals surface area contributed by atoms with Gasteiger partial charge in [-0.3, -0.25) is 0 Å². The Bertz CT molecular complexity index is 769. The van der Waals surface area contributed by atoms with E-state index in [1.54, 1.807) is 0 Å². The lowest BCUT2D eigenvalue weighted by Crippen LogP contribution is -2.12. The smallest absolute Gasteiger partial charge is 0.230 e. The van der Waals surface area contributed by atoms with E-state index in [9.17, 15) is 0 Å². The van der Waals surface area contributed by atoms with Gasteiger partial charge in [-0.25, -0.2) is 9.98 Å². The molecule has 0 radical (unpaired) electrons. The van der Waals surface area contributed by atoms with E-state index in [0.29, 0.717) is 0 Å². The van der Waals surface area contributed by atoms with Gasteiger partial charge in [0, 0.05) is 13.0 Å². The lowest BCUT2D eigenvalue weighted by atomic mass is 10.1. The van der Waals surface area contributed by atoms with Crippen LogP contribution in [-0.2, 0) is 6.54 Å². The lowest BCUT2D eigenvalue weighted by Gasteiger charge is -2.14. The first-order valence-corrected chi connectivity index (χ1v) is 6.50. The van der Waals surface area contributed by atoms with Gasteiger partial charge in [0.1, 0.15) is 0 Å². The Morgan fingerprint density at radius 1 is 0.895 bits per heavy atom. The Morgan fingerprint density at radius 2 is 1.68 bits per heavy atom. The molecule has 92 valence electrons. The third-order valence-electron chi connectivity index (χ3n) is 3.55. The van der Waals surface area contributed by atoms with E-state index >= 15 is 0 Å². The summed E-state index contributed by atoms with van der Waals surface area (Å²) >= 11 is 0. The molecule has 0 atom stereocenters. The number of aromatic nitrogens is 2. The van der Waals surface area contributed by atoms with Crippen LogP contribution in [0.1, 0.15) is 12.0 Å². The molecule has 0 bridgehead atoms. The minimum Gasteiger partial charge on any atom is -0.308 e. The largest absolute Gasteiger partial charge is 0.308 e. The maximum atomic E-state index is 4.72. The molecule has 19 heavy (non-hydrogen) atoms. The number of nitrogens with zero attached hydrogens (tertiary/aromatic N) is 3. The van der Waals surface area contributed by atoms with Crippen LogP contribution in [0.2, 0.25) is 0 Å². The number of fused-ring (bicyclic) bond motifs is 3. The van der Waals surface area contributed by atoms with Crippen LogP contribution in [0.4, 0.5) is 5.95 Å². The molecule has 0 spiro atoms. The molecule has 2 aromatic carbocycles. The molecule has 3 heteroatoms. The maximum Gasteiger partial charge on any atom is 0.230 e. The summed E-state index contributed by atoms with van der Waals surface area (Å²) in [5.74, 6) is 0.825. The molecule has 0 N–H and O–H groups in total. The van der Waals surface area contributed by atoms with E-state index in [2.05, 4.69) is 39.9 Å². The first-order chi connectivity index (χ1) is 9.42. The van der Waals surface area contributed by atoms with Crippen molar-refractivity contribution >= 4 is 22.7 Å². The first-order valence-electron chi connectivity index (χ1n) is 6.50. The topological polar surface area (TPSA) is 30.2 Å². The van der Waals surface area contributed by atoms with E-state index in [1.165, 1.54) is 11.1 Å². The molecule has 0 saturated carbocycles. The molecule has 2 heterocycles. The molecule has 1 aliphatic rings. The van der Waals surface area contributed by atoms with Crippen LogP contribution in [0, 0.1) is 0 Å². The molecule has 4 rings (SSSR count). The van der Waals surface area contributed by atoms with Gasteiger partial charge in [0.15, 0.2) is 0 Å². The van der Waals surface area contributed by atoms with Gasteiger partial charge in [-0.15, -0.1) is 0 Å². The van der Waals surface area contributed by atoms with Gasteiger partial charge < -0.3 is 4.57 Å². The second-order valence-electron chi connectivity index (χ2n) is 4.73. The summed E-state index contributed by atoms with van der Waals surface area (Å²) in [5, 5.41) is 0. The molecule has 0 saturated heterocycles. The summed E-state index contributed by atoms with van der Waals surface area (Å²) in [6.07, 6.45) is 0.956. The average molecular weight is 247 g/mol. The van der Waals surface area contributed by atoms with Crippen LogP contribution in [0.3, 0.4) is 0 Å². The molecule has 0 fully saturated rings. The van der Waals surface area contributed by atoms with Crippen molar-refractivity contribution in [3.8, 4) is 0 Å². The quantitative estimate of drug-likeness (QED) is 0.646. The van der Waals surface area contributed by atoms with Gasteiger partial charge in [0.25, 0.3) is 0 Å². The van der Waals surface area contributed by atoms with Gasteiger partial charge in [0.2, 0.25) is 5.95 Å². The molecule has 3 nitrogen and oxygen atoms in total. The fraction of sp³-hybridized carbons (Fsp3) is 0.125. The molecule has 0 unspecified atom stereocenters. The molecular weight excluding hydrogens is 234 g/mol. The van der Waals surface area contributed by atoms with Crippen molar-refractivity contribution in [1.82, 2.24) is 9.55 Å². The number of rotatable bonds is 1. The van der Waals surface area contributed by atoms with Crippen molar-refractivity contribution in [2.75, 3.05) is 0 Å². The zero-order valence-corrected chi connectivity index (χ0v) is 10.5. The molecule has 0 aliphatic carbocycles. The predicted molar refractivity (Wildman–Crippen MR) is 77.0 cm³/mol. The van der Waals surface area contributed by atoms with Crippen molar-refractivity contribution in [3.05, 3.63) is 60.2 Å². The molecule has 0 amide bonds. The highest BCUT2D eigenvalue weighted by atomic mass is 15.2. The highest BCUT2D eigenvalue weighted by Gasteiger charge is 2.16. The number of hydrogen-bond donors (Lipinski definition) is 0.